The lowest BCUT2D eigenvalue weighted by Crippen LogP contribution is -2.49. The average Bonchev–Trinajstić information content (AvgIpc) is 3.40. The summed E-state index contributed by atoms with van der Waals surface area (Å²) in [5.74, 6) is -0.157. The van der Waals surface area contributed by atoms with E-state index in [1.807, 2.05) is 17.2 Å². The number of hydrogen-bond acceptors (Lipinski definition) is 2. The number of H-pyrrole nitrogens is 1. The van der Waals surface area contributed by atoms with E-state index in [4.69, 9.17) is 0 Å². The van der Waals surface area contributed by atoms with Crippen LogP contribution in [0.3, 0.4) is 0 Å². The third-order valence-electron chi connectivity index (χ3n) is 6.47. The van der Waals surface area contributed by atoms with Crippen LogP contribution in [0, 0.1) is 5.82 Å². The Bertz CT molecular complexity index is 1050. The first-order chi connectivity index (χ1) is 14.7. The van der Waals surface area contributed by atoms with Crippen molar-refractivity contribution in [2.75, 3.05) is 31.1 Å². The number of likely N-dealkylation sites (tertiary alicyclic amines) is 1. The normalized spacial score (nSPS) is 16.8. The third kappa shape index (κ3) is 3.74. The van der Waals surface area contributed by atoms with Crippen molar-refractivity contribution in [3.63, 3.8) is 0 Å². The molecule has 0 aliphatic carbocycles. The second kappa shape index (κ2) is 8.01. The van der Waals surface area contributed by atoms with Crippen LogP contribution in [0.1, 0.15) is 24.0 Å². The van der Waals surface area contributed by atoms with E-state index in [0.717, 1.165) is 56.4 Å². The predicted octanol–water partition coefficient (Wildman–Crippen LogP) is 4.09. The lowest BCUT2D eigenvalue weighted by molar-refractivity contribution is 0.181. The number of hydrogen-bond donors (Lipinski definition) is 2. The Labute approximate surface area is 175 Å². The van der Waals surface area contributed by atoms with E-state index >= 15 is 0 Å². The third-order valence-corrected chi connectivity index (χ3v) is 6.47. The summed E-state index contributed by atoms with van der Waals surface area (Å²) in [5, 5.41) is 4.27. The fourth-order valence-corrected chi connectivity index (χ4v) is 4.84. The first-order valence-corrected chi connectivity index (χ1v) is 10.8. The summed E-state index contributed by atoms with van der Waals surface area (Å²) in [6.07, 6.45) is 5.58. The molecule has 1 fully saturated rings. The van der Waals surface area contributed by atoms with Crippen LogP contribution in [0.2, 0.25) is 0 Å². The molecule has 2 aliphatic heterocycles. The molecule has 0 atom stereocenters. The molecule has 3 aromatic rings. The number of aromatic amines is 1. The molecule has 0 spiro atoms. The number of piperidine rings is 1. The summed E-state index contributed by atoms with van der Waals surface area (Å²) in [4.78, 5) is 20.1. The molecule has 5 nitrogen and oxygen atoms in total. The Kier molecular flexibility index (Phi) is 5.07. The number of urea groups is 1. The lowest BCUT2D eigenvalue weighted by atomic mass is 10.0. The maximum atomic E-state index is 13.5. The van der Waals surface area contributed by atoms with Gasteiger partial charge in [0.2, 0.25) is 0 Å². The zero-order valence-electron chi connectivity index (χ0n) is 17.0. The maximum absolute atomic E-state index is 13.5. The van der Waals surface area contributed by atoms with Gasteiger partial charge in [0.15, 0.2) is 0 Å². The number of carbonyl (C=O) groups is 1. The second-order valence-electron chi connectivity index (χ2n) is 8.32. The highest BCUT2D eigenvalue weighted by Gasteiger charge is 2.30. The minimum atomic E-state index is -0.157. The van der Waals surface area contributed by atoms with Gasteiger partial charge in [0, 0.05) is 49.6 Å². The summed E-state index contributed by atoms with van der Waals surface area (Å²) < 4.78 is 13.5. The smallest absolute Gasteiger partial charge is 0.317 e. The number of anilines is 1. The standard InChI is InChI=1S/C24H27FN4O/c25-20-2-4-23-19(16-20)7-14-29(23)21-8-12-28(13-9-21)24(30)27-10-5-17-1-3-22-18(15-17)6-11-26-22/h1-4,6,11,15-16,21,26H,5,7-10,12-14H2,(H,27,30). The minimum absolute atomic E-state index is 0.0278. The van der Waals surface area contributed by atoms with E-state index in [1.54, 1.807) is 12.1 Å². The van der Waals surface area contributed by atoms with Crippen molar-refractivity contribution in [1.82, 2.24) is 15.2 Å². The molecule has 0 radical (unpaired) electrons. The van der Waals surface area contributed by atoms with Crippen molar-refractivity contribution in [3.8, 4) is 0 Å². The fourth-order valence-electron chi connectivity index (χ4n) is 4.84. The Balaban J connectivity index is 1.10. The molecule has 0 saturated carbocycles. The molecule has 5 rings (SSSR count). The van der Waals surface area contributed by atoms with E-state index < -0.39 is 0 Å². The van der Waals surface area contributed by atoms with Gasteiger partial charge in [-0.1, -0.05) is 6.07 Å². The zero-order valence-corrected chi connectivity index (χ0v) is 17.0. The van der Waals surface area contributed by atoms with Gasteiger partial charge in [-0.15, -0.1) is 0 Å². The molecule has 2 aromatic carbocycles. The molecule has 2 N–H and O–H groups in total. The van der Waals surface area contributed by atoms with Gasteiger partial charge in [0.25, 0.3) is 0 Å². The van der Waals surface area contributed by atoms with E-state index in [9.17, 15) is 9.18 Å². The first kappa shape index (κ1) is 19.0. The van der Waals surface area contributed by atoms with Gasteiger partial charge in [-0.05, 0) is 78.6 Å². The zero-order chi connectivity index (χ0) is 20.5. The number of fused-ring (bicyclic) bond motifs is 2. The summed E-state index contributed by atoms with van der Waals surface area (Å²) in [6, 6.07) is 14.0. The molecule has 2 aliphatic rings. The van der Waals surface area contributed by atoms with Crippen LogP contribution < -0.4 is 10.2 Å². The van der Waals surface area contributed by atoms with Crippen molar-refractivity contribution < 1.29 is 9.18 Å². The Hall–Kier alpha value is -3.02. The summed E-state index contributed by atoms with van der Waals surface area (Å²) in [5.41, 5.74) is 4.63. The highest BCUT2D eigenvalue weighted by molar-refractivity contribution is 5.80. The van der Waals surface area contributed by atoms with Crippen molar-refractivity contribution in [2.45, 2.75) is 31.7 Å². The largest absolute Gasteiger partial charge is 0.368 e. The van der Waals surface area contributed by atoms with Gasteiger partial charge in [0.05, 0.1) is 0 Å². The van der Waals surface area contributed by atoms with Crippen LogP contribution in [-0.4, -0.2) is 48.1 Å². The minimum Gasteiger partial charge on any atom is -0.368 e. The van der Waals surface area contributed by atoms with Gasteiger partial charge in [-0.2, -0.15) is 0 Å². The van der Waals surface area contributed by atoms with Crippen LogP contribution in [0.15, 0.2) is 48.7 Å². The van der Waals surface area contributed by atoms with Gasteiger partial charge in [-0.25, -0.2) is 9.18 Å². The topological polar surface area (TPSA) is 51.4 Å². The van der Waals surface area contributed by atoms with Crippen LogP contribution in [-0.2, 0) is 12.8 Å². The van der Waals surface area contributed by atoms with Crippen molar-refractivity contribution in [2.24, 2.45) is 0 Å². The SMILES string of the molecule is O=C(NCCc1ccc2[nH]ccc2c1)N1CCC(N2CCc3cc(F)ccc32)CC1. The number of aromatic nitrogens is 1. The molecule has 1 aromatic heterocycles. The average molecular weight is 407 g/mol. The Morgan fingerprint density at radius 1 is 1.10 bits per heavy atom. The van der Waals surface area contributed by atoms with Gasteiger partial charge < -0.3 is 20.1 Å². The first-order valence-electron chi connectivity index (χ1n) is 10.8. The predicted molar refractivity (Wildman–Crippen MR) is 117 cm³/mol. The summed E-state index contributed by atoms with van der Waals surface area (Å²) in [7, 11) is 0. The molecule has 2 amide bonds. The van der Waals surface area contributed by atoms with Gasteiger partial charge >= 0.3 is 6.03 Å². The fraction of sp³-hybridized carbons (Fsp3) is 0.375. The van der Waals surface area contributed by atoms with E-state index in [0.29, 0.717) is 12.6 Å². The number of benzene rings is 2. The molecule has 156 valence electrons. The highest BCUT2D eigenvalue weighted by atomic mass is 19.1. The number of amides is 2. The molecular weight excluding hydrogens is 379 g/mol. The van der Waals surface area contributed by atoms with Crippen molar-refractivity contribution in [3.05, 3.63) is 65.6 Å². The van der Waals surface area contributed by atoms with E-state index in [-0.39, 0.29) is 11.8 Å². The van der Waals surface area contributed by atoms with Crippen molar-refractivity contribution >= 4 is 22.6 Å². The summed E-state index contributed by atoms with van der Waals surface area (Å²) in [6.45, 7) is 3.11. The molecule has 3 heterocycles. The van der Waals surface area contributed by atoms with Crippen LogP contribution in [0.25, 0.3) is 10.9 Å². The van der Waals surface area contributed by atoms with Gasteiger partial charge in [-0.3, -0.25) is 0 Å². The molecule has 6 heteroatoms. The molecule has 30 heavy (non-hydrogen) atoms. The number of nitrogens with one attached hydrogen (secondary N) is 2. The quantitative estimate of drug-likeness (QED) is 0.686. The Morgan fingerprint density at radius 3 is 2.83 bits per heavy atom. The molecule has 0 bridgehead atoms. The summed E-state index contributed by atoms with van der Waals surface area (Å²) >= 11 is 0. The van der Waals surface area contributed by atoms with Crippen LogP contribution in [0.4, 0.5) is 14.9 Å². The number of carbonyl (C=O) groups excluding carboxylic acids is 1. The number of nitrogens with zero attached hydrogens (tertiary/aromatic N) is 2. The van der Waals surface area contributed by atoms with Crippen LogP contribution in [0.5, 0.6) is 0 Å². The Morgan fingerprint density at radius 2 is 1.97 bits per heavy atom. The van der Waals surface area contributed by atoms with E-state index in [1.165, 1.54) is 16.6 Å². The second-order valence-corrected chi connectivity index (χ2v) is 8.32. The molecule has 1 saturated heterocycles. The van der Waals surface area contributed by atoms with Crippen molar-refractivity contribution in [1.29, 1.82) is 0 Å². The monoisotopic (exact) mass is 406 g/mol. The van der Waals surface area contributed by atoms with E-state index in [2.05, 4.69) is 39.5 Å². The number of rotatable bonds is 4. The molecular formula is C24H27FN4O. The molecule has 0 unspecified atom stereocenters. The highest BCUT2D eigenvalue weighted by Crippen LogP contribution is 2.33. The van der Waals surface area contributed by atoms with Gasteiger partial charge in [0.1, 0.15) is 5.82 Å². The maximum Gasteiger partial charge on any atom is 0.317 e. The van der Waals surface area contributed by atoms with Crippen LogP contribution >= 0.6 is 0 Å². The lowest BCUT2D eigenvalue weighted by Gasteiger charge is -2.38. The number of halogens is 1.